The van der Waals surface area contributed by atoms with E-state index in [9.17, 15) is 9.59 Å². The molecule has 0 bridgehead atoms. The Morgan fingerprint density at radius 1 is 1.29 bits per heavy atom. The van der Waals surface area contributed by atoms with E-state index in [1.165, 1.54) is 7.11 Å². The number of likely N-dealkylation sites (N-methyl/N-ethyl adjacent to an activating group) is 1. The second kappa shape index (κ2) is 6.85. The average molecular weight is 483 g/mol. The number of nitrogens with zero attached hydrogens (tertiary/aromatic N) is 2. The summed E-state index contributed by atoms with van der Waals surface area (Å²) in [5, 5.41) is 0. The normalized spacial score (nSPS) is 28.1. The maximum absolute atomic E-state index is 13.8. The lowest BCUT2D eigenvalue weighted by Crippen LogP contribution is -2.72. The minimum atomic E-state index is -1.03. The van der Waals surface area contributed by atoms with Crippen LogP contribution in [-0.2, 0) is 25.1 Å². The molecule has 3 aliphatic heterocycles. The van der Waals surface area contributed by atoms with Crippen molar-refractivity contribution < 1.29 is 19.1 Å². The van der Waals surface area contributed by atoms with Crippen LogP contribution in [0.3, 0.4) is 0 Å². The molecule has 3 aliphatic rings. The number of esters is 1. The second-order valence-electron chi connectivity index (χ2n) is 8.23. The summed E-state index contributed by atoms with van der Waals surface area (Å²) < 4.78 is 11.9. The Morgan fingerprint density at radius 3 is 2.77 bits per heavy atom. The third kappa shape index (κ3) is 2.22. The zero-order chi connectivity index (χ0) is 22.0. The minimum absolute atomic E-state index is 0.278. The molecule has 1 spiro atoms. The Morgan fingerprint density at radius 2 is 2.03 bits per heavy atom. The largest absolute Gasteiger partial charge is 0.465 e. The van der Waals surface area contributed by atoms with Gasteiger partial charge in [-0.3, -0.25) is 9.69 Å². The van der Waals surface area contributed by atoms with Gasteiger partial charge in [-0.25, -0.2) is 4.79 Å². The molecule has 2 aromatic carbocycles. The van der Waals surface area contributed by atoms with Crippen molar-refractivity contribution in [2.45, 2.75) is 29.8 Å². The molecule has 0 saturated carbocycles. The van der Waals surface area contributed by atoms with E-state index >= 15 is 0 Å². The maximum atomic E-state index is 13.8. The smallest absolute Gasteiger partial charge is 0.415 e. The third-order valence-electron chi connectivity index (χ3n) is 7.15. The van der Waals surface area contributed by atoms with Crippen LogP contribution in [-0.4, -0.2) is 39.0 Å². The first-order chi connectivity index (χ1) is 15.0. The molecule has 1 saturated heterocycles. The number of benzene rings is 2. The van der Waals surface area contributed by atoms with Gasteiger partial charge in [0, 0.05) is 22.8 Å². The minimum Gasteiger partial charge on any atom is -0.465 e. The van der Waals surface area contributed by atoms with Crippen molar-refractivity contribution >= 4 is 39.4 Å². The van der Waals surface area contributed by atoms with Crippen LogP contribution in [0.15, 0.2) is 59.6 Å². The van der Waals surface area contributed by atoms with Gasteiger partial charge < -0.3 is 14.4 Å². The van der Waals surface area contributed by atoms with Crippen LogP contribution >= 0.6 is 15.9 Å². The number of methoxy groups -OCH3 is 1. The Balaban J connectivity index is 1.98. The summed E-state index contributed by atoms with van der Waals surface area (Å²) in [6.45, 7) is 4.27. The van der Waals surface area contributed by atoms with Crippen LogP contribution < -0.4 is 9.80 Å². The highest BCUT2D eigenvalue weighted by molar-refractivity contribution is 9.10. The van der Waals surface area contributed by atoms with Gasteiger partial charge in [-0.15, -0.1) is 6.58 Å². The molecule has 0 radical (unpaired) electrons. The topological polar surface area (TPSA) is 59.1 Å². The molecule has 5 rings (SSSR count). The Hall–Kier alpha value is -2.80. The summed E-state index contributed by atoms with van der Waals surface area (Å²) in [5.74, 6) is -0.280. The van der Waals surface area contributed by atoms with Crippen molar-refractivity contribution in [2.24, 2.45) is 0 Å². The highest BCUT2D eigenvalue weighted by Gasteiger charge is 2.73. The summed E-state index contributed by atoms with van der Waals surface area (Å²) in [6.07, 6.45) is 1.82. The fourth-order valence-electron chi connectivity index (χ4n) is 6.16. The number of amides is 1. The van der Waals surface area contributed by atoms with Crippen LogP contribution in [0.2, 0.25) is 0 Å². The van der Waals surface area contributed by atoms with Gasteiger partial charge in [-0.05, 0) is 36.6 Å². The number of fused-ring (bicyclic) bond motifs is 3. The van der Waals surface area contributed by atoms with Gasteiger partial charge in [-0.2, -0.15) is 0 Å². The zero-order valence-electron chi connectivity index (χ0n) is 17.4. The van der Waals surface area contributed by atoms with Crippen LogP contribution in [0.4, 0.5) is 16.2 Å². The number of hydrogen-bond donors (Lipinski definition) is 0. The van der Waals surface area contributed by atoms with Crippen molar-refractivity contribution in [3.05, 3.63) is 70.7 Å². The van der Waals surface area contributed by atoms with Crippen LogP contribution in [0, 0.1) is 0 Å². The lowest BCUT2D eigenvalue weighted by atomic mass is 9.50. The van der Waals surface area contributed by atoms with Crippen molar-refractivity contribution in [1.29, 1.82) is 0 Å². The number of rotatable bonds is 2. The van der Waals surface area contributed by atoms with E-state index in [1.807, 2.05) is 49.5 Å². The summed E-state index contributed by atoms with van der Waals surface area (Å²) in [6, 6.07) is 13.6. The second-order valence-corrected chi connectivity index (χ2v) is 9.09. The van der Waals surface area contributed by atoms with E-state index in [-0.39, 0.29) is 12.6 Å². The van der Waals surface area contributed by atoms with Crippen molar-refractivity contribution in [1.82, 2.24) is 0 Å². The molecular weight excluding hydrogens is 460 g/mol. The molecule has 1 amide bonds. The number of ether oxygens (including phenoxy) is 2. The highest BCUT2D eigenvalue weighted by Crippen LogP contribution is 2.66. The number of hydrogen-bond acceptors (Lipinski definition) is 5. The maximum Gasteiger partial charge on any atom is 0.415 e. The first kappa shape index (κ1) is 20.1. The van der Waals surface area contributed by atoms with Crippen LogP contribution in [0.1, 0.15) is 24.0 Å². The van der Waals surface area contributed by atoms with Crippen molar-refractivity contribution in [3.8, 4) is 0 Å². The first-order valence-electron chi connectivity index (χ1n) is 10.2. The molecule has 3 atom stereocenters. The SMILES string of the molecule is C=CC[C@]12C(=O)OCC[C@@]13c1c(Br)cccc1N(C)[C@H]3N(C(=O)OC)c1ccccc12. The van der Waals surface area contributed by atoms with E-state index in [0.717, 1.165) is 21.3 Å². The fourth-order valence-corrected chi connectivity index (χ4v) is 6.87. The van der Waals surface area contributed by atoms with E-state index in [2.05, 4.69) is 27.4 Å². The highest BCUT2D eigenvalue weighted by atomic mass is 79.9. The Labute approximate surface area is 189 Å². The van der Waals surface area contributed by atoms with Gasteiger partial charge in [0.05, 0.1) is 24.8 Å². The molecule has 0 unspecified atom stereocenters. The summed E-state index contributed by atoms with van der Waals surface area (Å²) in [7, 11) is 3.35. The van der Waals surface area contributed by atoms with Gasteiger partial charge in [0.1, 0.15) is 11.6 Å². The molecule has 31 heavy (non-hydrogen) atoms. The fraction of sp³-hybridized carbons (Fsp3) is 0.333. The third-order valence-corrected chi connectivity index (χ3v) is 7.82. The number of carbonyl (C=O) groups excluding carboxylic acids is 2. The Kier molecular flexibility index (Phi) is 4.45. The molecule has 3 heterocycles. The molecule has 1 fully saturated rings. The number of allylic oxidation sites excluding steroid dienone is 1. The number of para-hydroxylation sites is 1. The van der Waals surface area contributed by atoms with E-state index in [0.29, 0.717) is 18.5 Å². The molecule has 7 heteroatoms. The van der Waals surface area contributed by atoms with Crippen molar-refractivity contribution in [3.63, 3.8) is 0 Å². The lowest BCUT2D eigenvalue weighted by molar-refractivity contribution is -0.163. The number of carbonyl (C=O) groups is 2. The molecule has 0 aliphatic carbocycles. The average Bonchev–Trinajstić information content (AvgIpc) is 3.03. The van der Waals surface area contributed by atoms with Gasteiger partial charge in [0.2, 0.25) is 0 Å². The summed E-state index contributed by atoms with van der Waals surface area (Å²) >= 11 is 3.76. The van der Waals surface area contributed by atoms with Crippen LogP contribution in [0.5, 0.6) is 0 Å². The van der Waals surface area contributed by atoms with E-state index in [4.69, 9.17) is 9.47 Å². The number of halogens is 1. The Bertz CT molecular complexity index is 1120. The van der Waals surface area contributed by atoms with Gasteiger partial charge in [0.25, 0.3) is 0 Å². The lowest BCUT2D eigenvalue weighted by Gasteiger charge is -2.59. The number of anilines is 2. The standard InChI is InChI=1S/C24H23BrN2O4/c1-4-12-23-15-8-5-6-10-17(15)27(22(29)30-3)20-24(23,13-14-31-21(23)28)19-16(25)9-7-11-18(19)26(20)2/h4-11,20H,1,12-14H2,2-3H3/t20-,23-,24-/m0/s1. The predicted octanol–water partition coefficient (Wildman–Crippen LogP) is 4.51. The van der Waals surface area contributed by atoms with E-state index < -0.39 is 23.1 Å². The molecule has 0 N–H and O–H groups in total. The van der Waals surface area contributed by atoms with Crippen molar-refractivity contribution in [2.75, 3.05) is 30.6 Å². The van der Waals surface area contributed by atoms with Gasteiger partial charge >= 0.3 is 12.1 Å². The predicted molar refractivity (Wildman–Crippen MR) is 121 cm³/mol. The molecule has 160 valence electrons. The molecule has 0 aromatic heterocycles. The zero-order valence-corrected chi connectivity index (χ0v) is 19.0. The quantitative estimate of drug-likeness (QED) is 0.465. The first-order valence-corrected chi connectivity index (χ1v) is 11.0. The summed E-state index contributed by atoms with van der Waals surface area (Å²) in [4.78, 5) is 30.8. The van der Waals surface area contributed by atoms with Gasteiger partial charge in [0.15, 0.2) is 0 Å². The molecular formula is C24H23BrN2O4. The van der Waals surface area contributed by atoms with E-state index in [1.54, 1.807) is 11.0 Å². The van der Waals surface area contributed by atoms with Gasteiger partial charge in [-0.1, -0.05) is 46.3 Å². The number of cyclic esters (lactones) is 1. The molecule has 6 nitrogen and oxygen atoms in total. The monoisotopic (exact) mass is 482 g/mol. The summed E-state index contributed by atoms with van der Waals surface area (Å²) in [5.41, 5.74) is 1.64. The van der Waals surface area contributed by atoms with Crippen LogP contribution in [0.25, 0.3) is 0 Å². The molecule has 2 aromatic rings.